The number of benzene rings is 1. The van der Waals surface area contributed by atoms with Gasteiger partial charge in [0.15, 0.2) is 12.3 Å². The minimum absolute atomic E-state index is 0.190. The Morgan fingerprint density at radius 2 is 1.85 bits per heavy atom. The van der Waals surface area contributed by atoms with Gasteiger partial charge in [0.2, 0.25) is 0 Å². The van der Waals surface area contributed by atoms with Gasteiger partial charge >= 0.3 is 6.03 Å². The van der Waals surface area contributed by atoms with Gasteiger partial charge in [0.25, 0.3) is 5.91 Å². The molecular formula is C20H25ClN3O3+. The van der Waals surface area contributed by atoms with E-state index in [1.807, 2.05) is 43.4 Å². The highest BCUT2D eigenvalue weighted by molar-refractivity contribution is 6.30. The number of carbonyl (C=O) groups excluding carboxylic acids is 2. The molecule has 0 saturated heterocycles. The number of urea groups is 1. The summed E-state index contributed by atoms with van der Waals surface area (Å²) in [5.41, 5.74) is 0.949. The second-order valence-corrected chi connectivity index (χ2v) is 7.52. The second-order valence-electron chi connectivity index (χ2n) is 7.09. The summed E-state index contributed by atoms with van der Waals surface area (Å²) in [6, 6.07) is 11.0. The summed E-state index contributed by atoms with van der Waals surface area (Å²) in [6.07, 6.45) is 4.24. The summed E-state index contributed by atoms with van der Waals surface area (Å²) in [4.78, 5) is 24.8. The number of rotatable bonds is 6. The predicted molar refractivity (Wildman–Crippen MR) is 104 cm³/mol. The van der Waals surface area contributed by atoms with E-state index >= 15 is 0 Å². The first-order chi connectivity index (χ1) is 13.0. The third kappa shape index (κ3) is 5.84. The van der Waals surface area contributed by atoms with Gasteiger partial charge in [0, 0.05) is 16.6 Å². The zero-order valence-corrected chi connectivity index (χ0v) is 16.1. The van der Waals surface area contributed by atoms with Gasteiger partial charge in [-0.05, 0) is 49.2 Å². The number of likely N-dealkylation sites (N-methyl/N-ethyl adjacent to an activating group) is 1. The highest BCUT2D eigenvalue weighted by Crippen LogP contribution is 2.23. The van der Waals surface area contributed by atoms with E-state index in [0.717, 1.165) is 47.7 Å². The van der Waals surface area contributed by atoms with Crippen molar-refractivity contribution in [2.75, 3.05) is 13.6 Å². The van der Waals surface area contributed by atoms with Gasteiger partial charge in [-0.1, -0.05) is 24.4 Å². The van der Waals surface area contributed by atoms with Crippen molar-refractivity contribution in [1.29, 1.82) is 0 Å². The lowest BCUT2D eigenvalue weighted by molar-refractivity contribution is -0.886. The van der Waals surface area contributed by atoms with Crippen molar-refractivity contribution >= 4 is 23.5 Å². The van der Waals surface area contributed by atoms with Crippen LogP contribution >= 0.6 is 11.6 Å². The maximum absolute atomic E-state index is 12.1. The smallest absolute Gasteiger partial charge is 0.321 e. The van der Waals surface area contributed by atoms with E-state index in [4.69, 9.17) is 16.0 Å². The van der Waals surface area contributed by atoms with Crippen molar-refractivity contribution in [2.24, 2.45) is 0 Å². The quantitative estimate of drug-likeness (QED) is 0.708. The molecule has 3 N–H and O–H groups in total. The molecule has 1 fully saturated rings. The SMILES string of the molecule is C[NH+](CC(=O)NC(=O)NC1CCCC1)Cc1ccc(-c2ccc(Cl)cc2)o1. The van der Waals surface area contributed by atoms with Crippen molar-refractivity contribution in [3.63, 3.8) is 0 Å². The Morgan fingerprint density at radius 1 is 1.15 bits per heavy atom. The van der Waals surface area contributed by atoms with Gasteiger partial charge in [0.1, 0.15) is 12.3 Å². The van der Waals surface area contributed by atoms with Gasteiger partial charge in [-0.15, -0.1) is 0 Å². The molecule has 6 nitrogen and oxygen atoms in total. The Labute approximate surface area is 163 Å². The summed E-state index contributed by atoms with van der Waals surface area (Å²) < 4.78 is 5.86. The van der Waals surface area contributed by atoms with E-state index < -0.39 is 6.03 Å². The van der Waals surface area contributed by atoms with Crippen molar-refractivity contribution < 1.29 is 18.9 Å². The van der Waals surface area contributed by atoms with Crippen LogP contribution in [0.4, 0.5) is 4.79 Å². The van der Waals surface area contributed by atoms with E-state index in [9.17, 15) is 9.59 Å². The van der Waals surface area contributed by atoms with Crippen LogP contribution in [0.5, 0.6) is 0 Å². The van der Waals surface area contributed by atoms with Crippen molar-refractivity contribution in [3.8, 4) is 11.3 Å². The number of hydrogen-bond acceptors (Lipinski definition) is 3. The molecule has 144 valence electrons. The number of quaternary nitrogens is 1. The molecule has 3 amide bonds. The van der Waals surface area contributed by atoms with Crippen LogP contribution in [0.2, 0.25) is 5.02 Å². The minimum Gasteiger partial charge on any atom is -0.455 e. The molecule has 3 rings (SSSR count). The third-order valence-corrected chi connectivity index (χ3v) is 4.92. The van der Waals surface area contributed by atoms with Gasteiger partial charge in [0.05, 0.1) is 7.05 Å². The second kappa shape index (κ2) is 9.06. The summed E-state index contributed by atoms with van der Waals surface area (Å²) in [5.74, 6) is 1.24. The van der Waals surface area contributed by atoms with Crippen LogP contribution in [-0.2, 0) is 11.3 Å². The number of amides is 3. The van der Waals surface area contributed by atoms with Gasteiger partial charge in [-0.25, -0.2) is 4.79 Å². The molecule has 27 heavy (non-hydrogen) atoms. The molecule has 7 heteroatoms. The summed E-state index contributed by atoms with van der Waals surface area (Å²) in [6.45, 7) is 0.736. The number of halogens is 1. The lowest BCUT2D eigenvalue weighted by atomic mass is 10.2. The molecule has 1 atom stereocenters. The molecule has 1 aliphatic carbocycles. The van der Waals surface area contributed by atoms with E-state index in [1.165, 1.54) is 0 Å². The molecule has 1 heterocycles. The fourth-order valence-corrected chi connectivity index (χ4v) is 3.46. The van der Waals surface area contributed by atoms with E-state index in [2.05, 4.69) is 10.6 Å². The normalized spacial score (nSPS) is 15.5. The van der Waals surface area contributed by atoms with Crippen LogP contribution in [0.15, 0.2) is 40.8 Å². The Morgan fingerprint density at radius 3 is 2.56 bits per heavy atom. The molecule has 0 aliphatic heterocycles. The van der Waals surface area contributed by atoms with E-state index in [1.54, 1.807) is 0 Å². The summed E-state index contributed by atoms with van der Waals surface area (Å²) in [7, 11) is 1.89. The highest BCUT2D eigenvalue weighted by Gasteiger charge is 2.20. The van der Waals surface area contributed by atoms with Crippen LogP contribution in [0.25, 0.3) is 11.3 Å². The molecule has 1 aromatic heterocycles. The molecule has 0 bridgehead atoms. The van der Waals surface area contributed by atoms with Gasteiger partial charge < -0.3 is 14.6 Å². The number of hydrogen-bond donors (Lipinski definition) is 3. The zero-order chi connectivity index (χ0) is 19.2. The number of carbonyl (C=O) groups is 2. The number of imide groups is 1. The summed E-state index contributed by atoms with van der Waals surface area (Å²) >= 11 is 5.90. The number of nitrogens with one attached hydrogen (secondary N) is 3. The maximum atomic E-state index is 12.1. The Balaban J connectivity index is 1.46. The highest BCUT2D eigenvalue weighted by atomic mass is 35.5. The number of furan rings is 1. The average Bonchev–Trinajstić information content (AvgIpc) is 3.27. The molecule has 1 aromatic carbocycles. The van der Waals surface area contributed by atoms with Gasteiger partial charge in [-0.3, -0.25) is 10.1 Å². The van der Waals surface area contributed by atoms with Crippen molar-refractivity contribution in [3.05, 3.63) is 47.2 Å². The predicted octanol–water partition coefficient (Wildman–Crippen LogP) is 2.38. The lowest BCUT2D eigenvalue weighted by Crippen LogP contribution is -3.09. The van der Waals surface area contributed by atoms with Crippen LogP contribution in [0.1, 0.15) is 31.4 Å². The van der Waals surface area contributed by atoms with Crippen LogP contribution < -0.4 is 15.5 Å². The summed E-state index contributed by atoms with van der Waals surface area (Å²) in [5, 5.41) is 5.94. The zero-order valence-electron chi connectivity index (χ0n) is 15.4. The minimum atomic E-state index is -0.400. The Hall–Kier alpha value is -2.31. The topological polar surface area (TPSA) is 75.8 Å². The average molecular weight is 391 g/mol. The molecule has 0 radical (unpaired) electrons. The Kier molecular flexibility index (Phi) is 6.53. The van der Waals surface area contributed by atoms with E-state index in [0.29, 0.717) is 11.6 Å². The van der Waals surface area contributed by atoms with Crippen molar-refractivity contribution in [1.82, 2.24) is 10.6 Å². The van der Waals surface area contributed by atoms with Crippen LogP contribution in [-0.4, -0.2) is 31.6 Å². The third-order valence-electron chi connectivity index (χ3n) is 4.67. The van der Waals surface area contributed by atoms with E-state index in [-0.39, 0.29) is 18.5 Å². The molecule has 2 aromatic rings. The fraction of sp³-hybridized carbons (Fsp3) is 0.400. The molecule has 1 aliphatic rings. The lowest BCUT2D eigenvalue weighted by Gasteiger charge is -2.14. The molecule has 1 unspecified atom stereocenters. The first-order valence-corrected chi connectivity index (χ1v) is 9.63. The standard InChI is InChI=1S/C20H24ClN3O3/c1-24(13-19(25)23-20(26)22-16-4-2-3-5-16)12-17-10-11-18(27-17)14-6-8-15(21)9-7-14/h6-11,16H,2-5,12-13H2,1H3,(H2,22,23,25,26)/p+1. The molecule has 0 spiro atoms. The van der Waals surface area contributed by atoms with Crippen molar-refractivity contribution in [2.45, 2.75) is 38.3 Å². The van der Waals surface area contributed by atoms with Crippen LogP contribution in [0.3, 0.4) is 0 Å². The van der Waals surface area contributed by atoms with Gasteiger partial charge in [-0.2, -0.15) is 0 Å². The largest absolute Gasteiger partial charge is 0.455 e. The maximum Gasteiger partial charge on any atom is 0.321 e. The Bertz CT molecular complexity index is 782. The molecular weight excluding hydrogens is 366 g/mol. The van der Waals surface area contributed by atoms with Crippen LogP contribution in [0, 0.1) is 0 Å². The fourth-order valence-electron chi connectivity index (χ4n) is 3.34. The molecule has 1 saturated carbocycles. The first-order valence-electron chi connectivity index (χ1n) is 9.26. The first kappa shape index (κ1) is 19.5. The monoisotopic (exact) mass is 390 g/mol.